The summed E-state index contributed by atoms with van der Waals surface area (Å²) in [7, 11) is 1.62. The van der Waals surface area contributed by atoms with Gasteiger partial charge in [0, 0.05) is 24.1 Å². The van der Waals surface area contributed by atoms with Crippen LogP contribution in [-0.4, -0.2) is 12.1 Å². The Morgan fingerprint density at radius 2 is 1.92 bits per heavy atom. The van der Waals surface area contributed by atoms with Crippen molar-refractivity contribution in [1.29, 1.82) is 5.26 Å². The summed E-state index contributed by atoms with van der Waals surface area (Å²) in [4.78, 5) is 14.9. The van der Waals surface area contributed by atoms with Crippen LogP contribution in [0.25, 0.3) is 10.9 Å². The highest BCUT2D eigenvalue weighted by Gasteiger charge is 2.13. The van der Waals surface area contributed by atoms with Crippen molar-refractivity contribution >= 4 is 28.2 Å². The van der Waals surface area contributed by atoms with Crippen molar-refractivity contribution in [1.82, 2.24) is 4.98 Å². The molecule has 25 heavy (non-hydrogen) atoms. The molecular formula is C19H16ClN3O2. The zero-order valence-electron chi connectivity index (χ0n) is 13.6. The van der Waals surface area contributed by atoms with Crippen LogP contribution in [0.5, 0.6) is 0 Å². The Balaban J connectivity index is 2.06. The normalized spacial score (nSPS) is 10.6. The largest absolute Gasteiger partial charge is 0.380 e. The number of aromatic amines is 1. The number of anilines is 1. The van der Waals surface area contributed by atoms with E-state index in [0.717, 1.165) is 16.5 Å². The molecule has 1 heterocycles. The first-order chi connectivity index (χ1) is 12.1. The smallest absolute Gasteiger partial charge is 0.268 e. The predicted octanol–water partition coefficient (Wildman–Crippen LogP) is 3.81. The topological polar surface area (TPSA) is 77.9 Å². The van der Waals surface area contributed by atoms with Crippen LogP contribution in [0, 0.1) is 11.3 Å². The van der Waals surface area contributed by atoms with Crippen LogP contribution in [0.15, 0.2) is 47.3 Å². The number of pyridine rings is 1. The molecule has 0 atom stereocenters. The molecule has 0 saturated heterocycles. The van der Waals surface area contributed by atoms with E-state index in [0.29, 0.717) is 29.4 Å². The van der Waals surface area contributed by atoms with Gasteiger partial charge in [-0.05, 0) is 35.4 Å². The van der Waals surface area contributed by atoms with E-state index in [4.69, 9.17) is 16.3 Å². The molecule has 126 valence electrons. The van der Waals surface area contributed by atoms with Crippen LogP contribution in [0.4, 0.5) is 5.69 Å². The van der Waals surface area contributed by atoms with Crippen molar-refractivity contribution < 1.29 is 4.74 Å². The molecule has 0 radical (unpaired) electrons. The highest BCUT2D eigenvalue weighted by atomic mass is 35.5. The molecule has 2 N–H and O–H groups in total. The third-order valence-corrected chi connectivity index (χ3v) is 4.14. The quantitative estimate of drug-likeness (QED) is 0.731. The average molecular weight is 354 g/mol. The first-order valence-corrected chi connectivity index (χ1v) is 8.06. The number of fused-ring (bicyclic) bond motifs is 1. The molecule has 1 aromatic heterocycles. The number of ether oxygens (including phenoxy) is 1. The van der Waals surface area contributed by atoms with E-state index < -0.39 is 5.56 Å². The lowest BCUT2D eigenvalue weighted by Gasteiger charge is -2.13. The summed E-state index contributed by atoms with van der Waals surface area (Å²) in [5.74, 6) is 0. The number of aromatic nitrogens is 1. The van der Waals surface area contributed by atoms with E-state index in [9.17, 15) is 10.1 Å². The fraction of sp³-hybridized carbons (Fsp3) is 0.158. The summed E-state index contributed by atoms with van der Waals surface area (Å²) >= 11 is 5.90. The molecule has 0 aliphatic heterocycles. The number of nitriles is 1. The molecule has 0 saturated carbocycles. The lowest BCUT2D eigenvalue weighted by Crippen LogP contribution is -2.15. The van der Waals surface area contributed by atoms with Gasteiger partial charge in [-0.3, -0.25) is 4.79 Å². The average Bonchev–Trinajstić information content (AvgIpc) is 2.61. The van der Waals surface area contributed by atoms with Crippen LogP contribution in [-0.2, 0) is 17.9 Å². The standard InChI is InChI=1S/C19H16ClN3O2/c1-25-11-13-4-7-17-15(8-13)18(16(9-21)19(24)23-17)22-10-12-2-5-14(20)6-3-12/h2-8H,10-11H2,1H3,(H2,22,23,24). The number of methoxy groups -OCH3 is 1. The van der Waals surface area contributed by atoms with E-state index in [1.165, 1.54) is 0 Å². The van der Waals surface area contributed by atoms with Gasteiger partial charge in [0.05, 0.1) is 17.8 Å². The summed E-state index contributed by atoms with van der Waals surface area (Å²) in [5.41, 5.74) is 2.80. The molecule has 0 amide bonds. The summed E-state index contributed by atoms with van der Waals surface area (Å²) in [6.07, 6.45) is 0. The van der Waals surface area contributed by atoms with Crippen molar-refractivity contribution in [2.75, 3.05) is 12.4 Å². The summed E-state index contributed by atoms with van der Waals surface area (Å²) in [6.45, 7) is 0.923. The van der Waals surface area contributed by atoms with Crippen LogP contribution in [0.3, 0.4) is 0 Å². The third kappa shape index (κ3) is 3.66. The molecular weight excluding hydrogens is 338 g/mol. The lowest BCUT2D eigenvalue weighted by molar-refractivity contribution is 0.185. The van der Waals surface area contributed by atoms with Crippen LogP contribution < -0.4 is 10.9 Å². The zero-order chi connectivity index (χ0) is 17.8. The molecule has 0 aliphatic carbocycles. The van der Waals surface area contributed by atoms with Crippen molar-refractivity contribution in [3.05, 3.63) is 74.5 Å². The van der Waals surface area contributed by atoms with E-state index in [1.54, 1.807) is 19.2 Å². The number of benzene rings is 2. The Morgan fingerprint density at radius 1 is 1.20 bits per heavy atom. The minimum atomic E-state index is -0.409. The van der Waals surface area contributed by atoms with E-state index in [-0.39, 0.29) is 5.56 Å². The Kier molecular flexibility index (Phi) is 5.03. The molecule has 0 aliphatic rings. The zero-order valence-corrected chi connectivity index (χ0v) is 14.4. The maximum atomic E-state index is 12.2. The second-order valence-electron chi connectivity index (χ2n) is 5.61. The van der Waals surface area contributed by atoms with Crippen molar-refractivity contribution in [2.24, 2.45) is 0 Å². The Labute approximate surface area is 149 Å². The molecule has 0 spiro atoms. The lowest BCUT2D eigenvalue weighted by atomic mass is 10.1. The highest BCUT2D eigenvalue weighted by molar-refractivity contribution is 6.30. The van der Waals surface area contributed by atoms with E-state index in [1.807, 2.05) is 36.4 Å². The van der Waals surface area contributed by atoms with Gasteiger partial charge in [-0.2, -0.15) is 5.26 Å². The number of nitrogens with zero attached hydrogens (tertiary/aromatic N) is 1. The first kappa shape index (κ1) is 17.0. The van der Waals surface area contributed by atoms with Gasteiger partial charge in [0.25, 0.3) is 5.56 Å². The molecule has 6 heteroatoms. The Hall–Kier alpha value is -2.81. The number of rotatable bonds is 5. The summed E-state index contributed by atoms with van der Waals surface area (Å²) in [6, 6.07) is 15.0. The number of nitrogens with one attached hydrogen (secondary N) is 2. The molecule has 5 nitrogen and oxygen atoms in total. The monoisotopic (exact) mass is 353 g/mol. The van der Waals surface area contributed by atoms with Gasteiger partial charge in [0.15, 0.2) is 0 Å². The second-order valence-corrected chi connectivity index (χ2v) is 6.05. The fourth-order valence-corrected chi connectivity index (χ4v) is 2.81. The molecule has 0 fully saturated rings. The summed E-state index contributed by atoms with van der Waals surface area (Å²) in [5, 5.41) is 14.1. The van der Waals surface area contributed by atoms with Gasteiger partial charge in [-0.15, -0.1) is 0 Å². The number of H-pyrrole nitrogens is 1. The third-order valence-electron chi connectivity index (χ3n) is 3.88. The van der Waals surface area contributed by atoms with Crippen molar-refractivity contribution in [2.45, 2.75) is 13.2 Å². The van der Waals surface area contributed by atoms with Gasteiger partial charge >= 0.3 is 0 Å². The highest BCUT2D eigenvalue weighted by Crippen LogP contribution is 2.25. The van der Waals surface area contributed by atoms with Gasteiger partial charge in [-0.25, -0.2) is 0 Å². The SMILES string of the molecule is COCc1ccc2[nH]c(=O)c(C#N)c(NCc3ccc(Cl)cc3)c2c1. The molecule has 3 aromatic rings. The minimum Gasteiger partial charge on any atom is -0.380 e. The first-order valence-electron chi connectivity index (χ1n) is 7.68. The van der Waals surface area contributed by atoms with E-state index in [2.05, 4.69) is 10.3 Å². The Morgan fingerprint density at radius 3 is 2.60 bits per heavy atom. The van der Waals surface area contributed by atoms with Gasteiger partial charge in [-0.1, -0.05) is 29.8 Å². The van der Waals surface area contributed by atoms with Gasteiger partial charge < -0.3 is 15.0 Å². The molecule has 2 aromatic carbocycles. The number of hydrogen-bond donors (Lipinski definition) is 2. The van der Waals surface area contributed by atoms with Crippen LogP contribution >= 0.6 is 11.6 Å². The second kappa shape index (κ2) is 7.39. The fourth-order valence-electron chi connectivity index (χ4n) is 2.68. The van der Waals surface area contributed by atoms with Gasteiger partial charge in [0.2, 0.25) is 0 Å². The van der Waals surface area contributed by atoms with E-state index >= 15 is 0 Å². The van der Waals surface area contributed by atoms with Gasteiger partial charge in [0.1, 0.15) is 11.6 Å². The molecule has 3 rings (SSSR count). The summed E-state index contributed by atoms with van der Waals surface area (Å²) < 4.78 is 5.17. The van der Waals surface area contributed by atoms with Crippen LogP contribution in [0.2, 0.25) is 5.02 Å². The number of halogens is 1. The maximum Gasteiger partial charge on any atom is 0.268 e. The van der Waals surface area contributed by atoms with Crippen LogP contribution in [0.1, 0.15) is 16.7 Å². The molecule has 0 bridgehead atoms. The minimum absolute atomic E-state index is 0.0658. The molecule has 0 unspecified atom stereocenters. The van der Waals surface area contributed by atoms with Crippen molar-refractivity contribution in [3.63, 3.8) is 0 Å². The maximum absolute atomic E-state index is 12.2. The predicted molar refractivity (Wildman–Crippen MR) is 98.8 cm³/mol. The number of hydrogen-bond acceptors (Lipinski definition) is 4. The van der Waals surface area contributed by atoms with Crippen molar-refractivity contribution in [3.8, 4) is 6.07 Å². The Bertz CT molecular complexity index is 1000.